The monoisotopic (exact) mass is 370 g/mol. The second-order valence-electron chi connectivity index (χ2n) is 6.30. The zero-order valence-corrected chi connectivity index (χ0v) is 15.3. The first kappa shape index (κ1) is 16.6. The molecule has 1 aliphatic carbocycles. The number of benzene rings is 2. The molecule has 0 spiro atoms. The first-order valence-electron chi connectivity index (χ1n) is 8.49. The van der Waals surface area contributed by atoms with Gasteiger partial charge in [0.05, 0.1) is 5.69 Å². The number of H-pyrrole nitrogens is 1. The van der Waals surface area contributed by atoms with Crippen LogP contribution in [0.4, 0.5) is 0 Å². The standard InChI is InChI=1S/C20H19ClN2OS/c21-15-9-7-13(8-10-15)18-19(16-3-1-2-4-17(16)23-18)25-12-11-22-20(24)14-5-6-14/h1-4,7-10,14,23H,5-6,11-12H2,(H,22,24). The number of carbonyl (C=O) groups excluding carboxylic acids is 1. The summed E-state index contributed by atoms with van der Waals surface area (Å²) < 4.78 is 0. The molecule has 0 radical (unpaired) electrons. The summed E-state index contributed by atoms with van der Waals surface area (Å²) in [6, 6.07) is 16.2. The van der Waals surface area contributed by atoms with Crippen LogP contribution in [0, 0.1) is 5.92 Å². The highest BCUT2D eigenvalue weighted by molar-refractivity contribution is 7.99. The summed E-state index contributed by atoms with van der Waals surface area (Å²) in [7, 11) is 0. The number of nitrogens with one attached hydrogen (secondary N) is 2. The third-order valence-electron chi connectivity index (χ3n) is 4.39. The van der Waals surface area contributed by atoms with Crippen LogP contribution >= 0.6 is 23.4 Å². The molecular weight excluding hydrogens is 352 g/mol. The fourth-order valence-corrected chi connectivity index (χ4v) is 4.08. The Bertz CT molecular complexity index is 900. The molecule has 25 heavy (non-hydrogen) atoms. The van der Waals surface area contributed by atoms with Crippen molar-refractivity contribution in [1.82, 2.24) is 10.3 Å². The van der Waals surface area contributed by atoms with Gasteiger partial charge in [-0.3, -0.25) is 4.79 Å². The van der Waals surface area contributed by atoms with E-state index in [2.05, 4.69) is 28.5 Å². The van der Waals surface area contributed by atoms with Crippen molar-refractivity contribution in [2.45, 2.75) is 17.7 Å². The molecule has 2 aromatic carbocycles. The first-order chi connectivity index (χ1) is 12.2. The summed E-state index contributed by atoms with van der Waals surface area (Å²) in [6.45, 7) is 0.694. The Balaban J connectivity index is 1.56. The topological polar surface area (TPSA) is 44.9 Å². The lowest BCUT2D eigenvalue weighted by atomic mass is 10.1. The van der Waals surface area contributed by atoms with E-state index in [0.717, 1.165) is 40.4 Å². The van der Waals surface area contributed by atoms with Crippen LogP contribution in [0.5, 0.6) is 0 Å². The molecule has 0 bridgehead atoms. The van der Waals surface area contributed by atoms with Crippen LogP contribution in [0.2, 0.25) is 5.02 Å². The van der Waals surface area contributed by atoms with Gasteiger partial charge < -0.3 is 10.3 Å². The lowest BCUT2D eigenvalue weighted by molar-refractivity contribution is -0.122. The number of aromatic nitrogens is 1. The molecule has 1 aliphatic rings. The number of hydrogen-bond acceptors (Lipinski definition) is 2. The number of rotatable bonds is 6. The average Bonchev–Trinajstić information content (AvgIpc) is 3.41. The maximum atomic E-state index is 11.8. The molecule has 1 amide bonds. The van der Waals surface area contributed by atoms with E-state index in [4.69, 9.17) is 11.6 Å². The van der Waals surface area contributed by atoms with Crippen molar-refractivity contribution in [1.29, 1.82) is 0 Å². The van der Waals surface area contributed by atoms with Gasteiger partial charge in [0.1, 0.15) is 0 Å². The predicted molar refractivity (Wildman–Crippen MR) is 105 cm³/mol. The van der Waals surface area contributed by atoms with E-state index in [1.54, 1.807) is 11.8 Å². The maximum Gasteiger partial charge on any atom is 0.223 e. The average molecular weight is 371 g/mol. The fourth-order valence-electron chi connectivity index (χ4n) is 2.90. The maximum absolute atomic E-state index is 11.8. The van der Waals surface area contributed by atoms with Crippen LogP contribution < -0.4 is 5.32 Å². The molecule has 2 N–H and O–H groups in total. The van der Waals surface area contributed by atoms with Crippen molar-refractivity contribution in [3.8, 4) is 11.3 Å². The minimum Gasteiger partial charge on any atom is -0.355 e. The van der Waals surface area contributed by atoms with E-state index >= 15 is 0 Å². The third kappa shape index (κ3) is 3.70. The van der Waals surface area contributed by atoms with Gasteiger partial charge in [-0.15, -0.1) is 11.8 Å². The molecule has 4 rings (SSSR count). The summed E-state index contributed by atoms with van der Waals surface area (Å²) in [4.78, 5) is 16.5. The number of amides is 1. The van der Waals surface area contributed by atoms with Gasteiger partial charge in [0, 0.05) is 39.0 Å². The van der Waals surface area contributed by atoms with Gasteiger partial charge in [-0.05, 0) is 36.6 Å². The second kappa shape index (κ2) is 7.14. The number of para-hydroxylation sites is 1. The van der Waals surface area contributed by atoms with Crippen LogP contribution in [0.1, 0.15) is 12.8 Å². The molecule has 0 aliphatic heterocycles. The number of hydrogen-bond donors (Lipinski definition) is 2. The van der Waals surface area contributed by atoms with Crippen LogP contribution in [0.15, 0.2) is 53.4 Å². The summed E-state index contributed by atoms with van der Waals surface area (Å²) in [5.41, 5.74) is 3.35. The number of halogens is 1. The Morgan fingerprint density at radius 2 is 1.92 bits per heavy atom. The van der Waals surface area contributed by atoms with Gasteiger partial charge in [-0.1, -0.05) is 41.9 Å². The van der Waals surface area contributed by atoms with Crippen molar-refractivity contribution in [3.05, 3.63) is 53.6 Å². The third-order valence-corrected chi connectivity index (χ3v) is 5.76. The van der Waals surface area contributed by atoms with E-state index in [9.17, 15) is 4.79 Å². The lowest BCUT2D eigenvalue weighted by Gasteiger charge is -2.07. The molecule has 1 heterocycles. The van der Waals surface area contributed by atoms with Crippen LogP contribution in [0.25, 0.3) is 22.2 Å². The van der Waals surface area contributed by atoms with Gasteiger partial charge in [0.25, 0.3) is 0 Å². The Morgan fingerprint density at radius 3 is 2.68 bits per heavy atom. The van der Waals surface area contributed by atoms with Crippen LogP contribution in [0.3, 0.4) is 0 Å². The van der Waals surface area contributed by atoms with Crippen molar-refractivity contribution >= 4 is 40.2 Å². The van der Waals surface area contributed by atoms with Gasteiger partial charge in [0.2, 0.25) is 5.91 Å². The first-order valence-corrected chi connectivity index (χ1v) is 9.86. The Kier molecular flexibility index (Phi) is 4.73. The van der Waals surface area contributed by atoms with Gasteiger partial charge in [-0.2, -0.15) is 0 Å². The van der Waals surface area contributed by atoms with Gasteiger partial charge in [0.15, 0.2) is 0 Å². The second-order valence-corrected chi connectivity index (χ2v) is 7.84. The molecule has 0 unspecified atom stereocenters. The van der Waals surface area contributed by atoms with E-state index in [1.807, 2.05) is 30.3 Å². The summed E-state index contributed by atoms with van der Waals surface area (Å²) in [5, 5.41) is 4.98. The quantitative estimate of drug-likeness (QED) is 0.468. The minimum absolute atomic E-state index is 0.206. The number of carbonyl (C=O) groups is 1. The Labute approximate surface area is 156 Å². The van der Waals surface area contributed by atoms with E-state index < -0.39 is 0 Å². The zero-order valence-electron chi connectivity index (χ0n) is 13.7. The molecule has 1 saturated carbocycles. The summed E-state index contributed by atoms with van der Waals surface area (Å²) >= 11 is 7.80. The molecule has 3 aromatic rings. The molecule has 3 nitrogen and oxygen atoms in total. The molecule has 0 atom stereocenters. The van der Waals surface area contributed by atoms with Crippen molar-refractivity contribution in [2.24, 2.45) is 5.92 Å². The van der Waals surface area contributed by atoms with E-state index in [-0.39, 0.29) is 11.8 Å². The molecule has 5 heteroatoms. The van der Waals surface area contributed by atoms with Crippen LogP contribution in [-0.4, -0.2) is 23.2 Å². The molecular formula is C20H19ClN2OS. The SMILES string of the molecule is O=C(NCCSc1c(-c2ccc(Cl)cc2)[nH]c2ccccc12)C1CC1. The normalized spacial score (nSPS) is 14.0. The number of thioether (sulfide) groups is 1. The van der Waals surface area contributed by atoms with Gasteiger partial charge in [-0.25, -0.2) is 0 Å². The highest BCUT2D eigenvalue weighted by atomic mass is 35.5. The highest BCUT2D eigenvalue weighted by Crippen LogP contribution is 2.38. The van der Waals surface area contributed by atoms with Crippen molar-refractivity contribution in [3.63, 3.8) is 0 Å². The molecule has 128 valence electrons. The van der Waals surface area contributed by atoms with E-state index in [0.29, 0.717) is 6.54 Å². The Hall–Kier alpha value is -1.91. The lowest BCUT2D eigenvalue weighted by Crippen LogP contribution is -2.26. The zero-order chi connectivity index (χ0) is 17.2. The fraction of sp³-hybridized carbons (Fsp3) is 0.250. The number of fused-ring (bicyclic) bond motifs is 1. The van der Waals surface area contributed by atoms with E-state index in [1.165, 1.54) is 10.3 Å². The molecule has 1 aromatic heterocycles. The van der Waals surface area contributed by atoms with Crippen molar-refractivity contribution < 1.29 is 4.79 Å². The summed E-state index contributed by atoms with van der Waals surface area (Å²) in [5.74, 6) is 1.32. The molecule has 1 fully saturated rings. The van der Waals surface area contributed by atoms with Crippen molar-refractivity contribution in [2.75, 3.05) is 12.3 Å². The van der Waals surface area contributed by atoms with Crippen LogP contribution in [-0.2, 0) is 4.79 Å². The highest BCUT2D eigenvalue weighted by Gasteiger charge is 2.29. The smallest absolute Gasteiger partial charge is 0.223 e. The summed E-state index contributed by atoms with van der Waals surface area (Å²) in [6.07, 6.45) is 2.09. The van der Waals surface area contributed by atoms with Gasteiger partial charge >= 0.3 is 0 Å². The minimum atomic E-state index is 0.206. The number of aromatic amines is 1. The molecule has 0 saturated heterocycles. The largest absolute Gasteiger partial charge is 0.355 e. The Morgan fingerprint density at radius 1 is 1.16 bits per heavy atom. The predicted octanol–water partition coefficient (Wildman–Crippen LogP) is 5.11.